The molecule has 0 radical (unpaired) electrons. The first-order valence-electron chi connectivity index (χ1n) is 5.51. The van der Waals surface area contributed by atoms with Gasteiger partial charge in [0.05, 0.1) is 0 Å². The Labute approximate surface area is 104 Å². The molecule has 3 heteroatoms. The van der Waals surface area contributed by atoms with E-state index in [0.717, 1.165) is 35.0 Å². The van der Waals surface area contributed by atoms with E-state index in [4.69, 9.17) is 0 Å². The molecule has 0 aromatic heterocycles. The molecule has 0 saturated heterocycles. The smallest absolute Gasteiger partial charge is 0.252 e. The summed E-state index contributed by atoms with van der Waals surface area (Å²) in [5.41, 5.74) is 1.75. The van der Waals surface area contributed by atoms with Crippen LogP contribution in [0.25, 0.3) is 0 Å². The fraction of sp³-hybridized carbons (Fsp3) is 0.308. The third-order valence-corrected chi connectivity index (χ3v) is 3.58. The largest absolute Gasteiger partial charge is 0.322 e. The molecule has 1 aromatic rings. The number of hydrogen-bond acceptors (Lipinski definition) is 1. The molecule has 1 N–H and O–H groups in total. The fourth-order valence-corrected chi connectivity index (χ4v) is 2.49. The van der Waals surface area contributed by atoms with Gasteiger partial charge >= 0.3 is 0 Å². The standard InChI is InChI=1S/C13H14BrNO/c14-12-9-5-4-8-11(12)13(16)15-10-6-2-1-3-7-10/h1-3,6-7H,4-5,8-9H2,(H,15,16). The number of carbonyl (C=O) groups excluding carboxylic acids is 1. The van der Waals surface area contributed by atoms with Crippen molar-refractivity contribution in [1.29, 1.82) is 0 Å². The zero-order chi connectivity index (χ0) is 11.4. The average molecular weight is 280 g/mol. The lowest BCUT2D eigenvalue weighted by Gasteiger charge is -2.15. The number of benzene rings is 1. The summed E-state index contributed by atoms with van der Waals surface area (Å²) in [7, 11) is 0. The van der Waals surface area contributed by atoms with Crippen molar-refractivity contribution in [3.8, 4) is 0 Å². The summed E-state index contributed by atoms with van der Waals surface area (Å²) in [5, 5.41) is 2.92. The Morgan fingerprint density at radius 1 is 1.12 bits per heavy atom. The number of carbonyl (C=O) groups is 1. The van der Waals surface area contributed by atoms with E-state index in [2.05, 4.69) is 21.2 Å². The van der Waals surface area contributed by atoms with Gasteiger partial charge in [0.1, 0.15) is 0 Å². The van der Waals surface area contributed by atoms with Crippen molar-refractivity contribution in [2.45, 2.75) is 25.7 Å². The summed E-state index contributed by atoms with van der Waals surface area (Å²) in [6.45, 7) is 0. The van der Waals surface area contributed by atoms with Gasteiger partial charge in [0.2, 0.25) is 0 Å². The molecule has 0 aliphatic heterocycles. The third kappa shape index (κ3) is 2.73. The van der Waals surface area contributed by atoms with Crippen LogP contribution in [0.2, 0.25) is 0 Å². The Balaban J connectivity index is 2.09. The molecule has 16 heavy (non-hydrogen) atoms. The monoisotopic (exact) mass is 279 g/mol. The van der Waals surface area contributed by atoms with Gasteiger partial charge in [-0.2, -0.15) is 0 Å². The van der Waals surface area contributed by atoms with Crippen molar-refractivity contribution < 1.29 is 4.79 Å². The third-order valence-electron chi connectivity index (χ3n) is 2.71. The lowest BCUT2D eigenvalue weighted by Crippen LogP contribution is -2.17. The van der Waals surface area contributed by atoms with E-state index < -0.39 is 0 Å². The van der Waals surface area contributed by atoms with Crippen LogP contribution in [0.15, 0.2) is 40.4 Å². The predicted octanol–water partition coefficient (Wildman–Crippen LogP) is 3.85. The van der Waals surface area contributed by atoms with Crippen LogP contribution in [0.5, 0.6) is 0 Å². The van der Waals surface area contributed by atoms with Crippen LogP contribution >= 0.6 is 15.9 Å². The van der Waals surface area contributed by atoms with E-state index >= 15 is 0 Å². The normalized spacial score (nSPS) is 16.1. The number of hydrogen-bond donors (Lipinski definition) is 1. The molecular weight excluding hydrogens is 266 g/mol. The van der Waals surface area contributed by atoms with Gasteiger partial charge in [0.25, 0.3) is 5.91 Å². The number of para-hydroxylation sites is 1. The maximum Gasteiger partial charge on any atom is 0.252 e. The van der Waals surface area contributed by atoms with Crippen LogP contribution < -0.4 is 5.32 Å². The van der Waals surface area contributed by atoms with Crippen molar-refractivity contribution >= 4 is 27.5 Å². The second-order valence-corrected chi connectivity index (χ2v) is 4.87. The van der Waals surface area contributed by atoms with Gasteiger partial charge in [-0.15, -0.1) is 0 Å². The lowest BCUT2D eigenvalue weighted by molar-refractivity contribution is -0.113. The number of anilines is 1. The summed E-state index contributed by atoms with van der Waals surface area (Å²) in [6, 6.07) is 9.57. The predicted molar refractivity (Wildman–Crippen MR) is 69.5 cm³/mol. The molecule has 1 amide bonds. The summed E-state index contributed by atoms with van der Waals surface area (Å²) in [4.78, 5) is 12.0. The van der Waals surface area contributed by atoms with E-state index in [1.165, 1.54) is 6.42 Å². The van der Waals surface area contributed by atoms with E-state index in [1.807, 2.05) is 30.3 Å². The van der Waals surface area contributed by atoms with Crippen LogP contribution in [-0.2, 0) is 4.79 Å². The molecule has 84 valence electrons. The molecule has 2 rings (SSSR count). The Morgan fingerprint density at radius 2 is 1.81 bits per heavy atom. The maximum atomic E-state index is 12.0. The van der Waals surface area contributed by atoms with Gasteiger partial charge in [-0.3, -0.25) is 4.79 Å². The minimum atomic E-state index is 0.0257. The quantitative estimate of drug-likeness (QED) is 0.876. The molecule has 0 atom stereocenters. The van der Waals surface area contributed by atoms with Gasteiger partial charge in [-0.1, -0.05) is 34.1 Å². The van der Waals surface area contributed by atoms with Gasteiger partial charge in [0, 0.05) is 15.7 Å². The second kappa shape index (κ2) is 5.30. The van der Waals surface area contributed by atoms with Crippen molar-refractivity contribution in [1.82, 2.24) is 0 Å². The minimum Gasteiger partial charge on any atom is -0.322 e. The first-order chi connectivity index (χ1) is 7.77. The van der Waals surface area contributed by atoms with Crippen LogP contribution in [0.1, 0.15) is 25.7 Å². The highest BCUT2D eigenvalue weighted by atomic mass is 79.9. The molecule has 0 saturated carbocycles. The molecule has 0 spiro atoms. The van der Waals surface area contributed by atoms with Gasteiger partial charge in [-0.05, 0) is 37.8 Å². The first kappa shape index (κ1) is 11.4. The number of rotatable bonds is 2. The summed E-state index contributed by atoms with van der Waals surface area (Å²) in [6.07, 6.45) is 4.13. The lowest BCUT2D eigenvalue weighted by atomic mass is 9.99. The summed E-state index contributed by atoms with van der Waals surface area (Å²) in [5.74, 6) is 0.0257. The first-order valence-corrected chi connectivity index (χ1v) is 6.30. The maximum absolute atomic E-state index is 12.0. The van der Waals surface area contributed by atoms with Crippen LogP contribution in [0.3, 0.4) is 0 Å². The summed E-state index contributed by atoms with van der Waals surface area (Å²) >= 11 is 3.49. The van der Waals surface area contributed by atoms with Crippen LogP contribution in [0.4, 0.5) is 5.69 Å². The van der Waals surface area contributed by atoms with Gasteiger partial charge in [0.15, 0.2) is 0 Å². The molecule has 0 fully saturated rings. The minimum absolute atomic E-state index is 0.0257. The fourth-order valence-electron chi connectivity index (χ4n) is 1.83. The van der Waals surface area contributed by atoms with E-state index in [1.54, 1.807) is 0 Å². The highest BCUT2D eigenvalue weighted by Gasteiger charge is 2.17. The van der Waals surface area contributed by atoms with E-state index in [0.29, 0.717) is 0 Å². The molecule has 0 heterocycles. The molecule has 0 unspecified atom stereocenters. The van der Waals surface area contributed by atoms with Crippen molar-refractivity contribution in [2.75, 3.05) is 5.32 Å². The molecule has 0 bridgehead atoms. The van der Waals surface area contributed by atoms with E-state index in [-0.39, 0.29) is 5.91 Å². The Hall–Kier alpha value is -1.09. The SMILES string of the molecule is O=C(Nc1ccccc1)C1=C(Br)CCCC1. The number of halogens is 1. The number of nitrogens with one attached hydrogen (secondary N) is 1. The molecule has 1 aliphatic rings. The number of amides is 1. The highest BCUT2D eigenvalue weighted by Crippen LogP contribution is 2.29. The summed E-state index contributed by atoms with van der Waals surface area (Å²) < 4.78 is 1.06. The Bertz CT molecular complexity index is 411. The molecule has 1 aliphatic carbocycles. The zero-order valence-corrected chi connectivity index (χ0v) is 10.6. The molecule has 1 aromatic carbocycles. The molecular formula is C13H14BrNO. The Morgan fingerprint density at radius 3 is 2.50 bits per heavy atom. The second-order valence-electron chi connectivity index (χ2n) is 3.91. The van der Waals surface area contributed by atoms with Crippen molar-refractivity contribution in [3.63, 3.8) is 0 Å². The van der Waals surface area contributed by atoms with Crippen LogP contribution in [-0.4, -0.2) is 5.91 Å². The van der Waals surface area contributed by atoms with Crippen molar-refractivity contribution in [3.05, 3.63) is 40.4 Å². The number of allylic oxidation sites excluding steroid dienone is 1. The van der Waals surface area contributed by atoms with Gasteiger partial charge < -0.3 is 5.32 Å². The zero-order valence-electron chi connectivity index (χ0n) is 9.00. The highest BCUT2D eigenvalue weighted by molar-refractivity contribution is 9.11. The van der Waals surface area contributed by atoms with Gasteiger partial charge in [-0.25, -0.2) is 0 Å². The van der Waals surface area contributed by atoms with Crippen LogP contribution in [0, 0.1) is 0 Å². The Kier molecular flexibility index (Phi) is 3.78. The topological polar surface area (TPSA) is 29.1 Å². The van der Waals surface area contributed by atoms with E-state index in [9.17, 15) is 4.79 Å². The van der Waals surface area contributed by atoms with Crippen molar-refractivity contribution in [2.24, 2.45) is 0 Å². The molecule has 2 nitrogen and oxygen atoms in total. The average Bonchev–Trinajstić information content (AvgIpc) is 2.31.